The maximum absolute atomic E-state index is 6.19. The lowest BCUT2D eigenvalue weighted by Gasteiger charge is -2.18. The molecule has 1 saturated carbocycles. The van der Waals surface area contributed by atoms with E-state index < -0.39 is 0 Å². The Kier molecular flexibility index (Phi) is 12.5. The molecule has 0 saturated heterocycles. The van der Waals surface area contributed by atoms with Crippen LogP contribution in [0.5, 0.6) is 5.75 Å². The minimum Gasteiger partial charge on any atom is -0.490 e. The number of guanidine groups is 1. The van der Waals surface area contributed by atoms with Gasteiger partial charge < -0.3 is 20.1 Å². The number of rotatable bonds is 10. The highest BCUT2D eigenvalue weighted by molar-refractivity contribution is 14.0. The summed E-state index contributed by atoms with van der Waals surface area (Å²) in [6.07, 6.45) is 7.43. The fourth-order valence-corrected chi connectivity index (χ4v) is 3.03. The maximum atomic E-state index is 6.19. The van der Waals surface area contributed by atoms with Gasteiger partial charge in [0.15, 0.2) is 5.96 Å². The van der Waals surface area contributed by atoms with Crippen LogP contribution in [0.2, 0.25) is 0 Å². The Morgan fingerprint density at radius 3 is 2.65 bits per heavy atom. The molecule has 0 atom stereocenters. The van der Waals surface area contributed by atoms with Crippen molar-refractivity contribution in [2.24, 2.45) is 4.99 Å². The average molecular weight is 475 g/mol. The Balaban J connectivity index is 0.00000338. The molecule has 0 aliphatic heterocycles. The van der Waals surface area contributed by atoms with Crippen LogP contribution in [-0.4, -0.2) is 38.9 Å². The number of unbranched alkanes of at least 4 members (excludes halogenated alkanes) is 1. The molecule has 0 aromatic heterocycles. The van der Waals surface area contributed by atoms with Crippen LogP contribution >= 0.6 is 24.0 Å². The monoisotopic (exact) mass is 475 g/mol. The van der Waals surface area contributed by atoms with Gasteiger partial charge in [-0.25, -0.2) is 0 Å². The molecule has 5 nitrogen and oxygen atoms in total. The molecule has 0 unspecified atom stereocenters. The zero-order valence-corrected chi connectivity index (χ0v) is 18.5. The summed E-state index contributed by atoms with van der Waals surface area (Å²) < 4.78 is 11.5. The molecule has 1 aliphatic rings. The summed E-state index contributed by atoms with van der Waals surface area (Å²) in [5, 5.41) is 6.73. The van der Waals surface area contributed by atoms with E-state index in [-0.39, 0.29) is 24.0 Å². The number of benzene rings is 1. The van der Waals surface area contributed by atoms with Gasteiger partial charge in [0.1, 0.15) is 5.75 Å². The Hall–Kier alpha value is -1.02. The lowest BCUT2D eigenvalue weighted by Crippen LogP contribution is -2.37. The molecule has 0 bridgehead atoms. The Labute approximate surface area is 175 Å². The molecule has 2 N–H and O–H groups in total. The number of nitrogens with zero attached hydrogens (tertiary/aromatic N) is 1. The quantitative estimate of drug-likeness (QED) is 0.232. The number of para-hydroxylation sites is 1. The van der Waals surface area contributed by atoms with Crippen LogP contribution in [-0.2, 0) is 11.3 Å². The van der Waals surface area contributed by atoms with E-state index in [0.29, 0.717) is 12.6 Å². The van der Waals surface area contributed by atoms with Gasteiger partial charge in [-0.1, -0.05) is 18.2 Å². The molecular weight excluding hydrogens is 441 g/mol. The van der Waals surface area contributed by atoms with E-state index in [4.69, 9.17) is 9.47 Å². The summed E-state index contributed by atoms with van der Waals surface area (Å²) in [4.78, 5) is 4.29. The number of hydrogen-bond acceptors (Lipinski definition) is 3. The van der Waals surface area contributed by atoms with Crippen molar-refractivity contribution >= 4 is 29.9 Å². The molecule has 26 heavy (non-hydrogen) atoms. The maximum Gasteiger partial charge on any atom is 0.191 e. The normalized spacial score (nSPS) is 14.8. The first-order valence-corrected chi connectivity index (χ1v) is 9.60. The third kappa shape index (κ3) is 8.58. The van der Waals surface area contributed by atoms with Crippen LogP contribution in [0.4, 0.5) is 0 Å². The molecule has 0 radical (unpaired) electrons. The van der Waals surface area contributed by atoms with Crippen molar-refractivity contribution in [2.75, 3.05) is 26.8 Å². The molecule has 0 spiro atoms. The smallest absolute Gasteiger partial charge is 0.191 e. The van der Waals surface area contributed by atoms with Gasteiger partial charge in [-0.3, -0.25) is 4.99 Å². The summed E-state index contributed by atoms with van der Waals surface area (Å²) >= 11 is 0. The minimum atomic E-state index is 0. The number of ether oxygens (including phenoxy) is 2. The van der Waals surface area contributed by atoms with E-state index in [1.807, 2.05) is 13.0 Å². The molecule has 1 aliphatic carbocycles. The van der Waals surface area contributed by atoms with Gasteiger partial charge in [-0.2, -0.15) is 0 Å². The third-order valence-electron chi connectivity index (χ3n) is 4.45. The SMILES string of the molecule is CCOCCCCNC(=NC)NCc1ccccc1OC1CCCC1.I. The van der Waals surface area contributed by atoms with Crippen molar-refractivity contribution in [1.82, 2.24) is 10.6 Å². The predicted octanol–water partition coefficient (Wildman–Crippen LogP) is 4.11. The van der Waals surface area contributed by atoms with E-state index in [0.717, 1.165) is 44.3 Å². The zero-order chi connectivity index (χ0) is 17.7. The van der Waals surface area contributed by atoms with Crippen LogP contribution in [0.1, 0.15) is 51.0 Å². The molecule has 1 fully saturated rings. The molecule has 6 heteroatoms. The summed E-state index contributed by atoms with van der Waals surface area (Å²) in [7, 11) is 1.80. The molecule has 0 heterocycles. The average Bonchev–Trinajstić information content (AvgIpc) is 3.15. The Morgan fingerprint density at radius 1 is 1.15 bits per heavy atom. The lowest BCUT2D eigenvalue weighted by atomic mass is 10.2. The van der Waals surface area contributed by atoms with Crippen molar-refractivity contribution in [1.29, 1.82) is 0 Å². The molecule has 2 rings (SSSR count). The van der Waals surface area contributed by atoms with E-state index >= 15 is 0 Å². The number of hydrogen-bond donors (Lipinski definition) is 2. The van der Waals surface area contributed by atoms with Crippen molar-refractivity contribution in [3.63, 3.8) is 0 Å². The molecule has 1 aromatic rings. The van der Waals surface area contributed by atoms with Crippen molar-refractivity contribution < 1.29 is 9.47 Å². The largest absolute Gasteiger partial charge is 0.490 e. The van der Waals surface area contributed by atoms with E-state index in [2.05, 4.69) is 33.8 Å². The topological polar surface area (TPSA) is 54.9 Å². The minimum absolute atomic E-state index is 0. The number of halogens is 1. The van der Waals surface area contributed by atoms with Gasteiger partial charge in [-0.15, -0.1) is 24.0 Å². The van der Waals surface area contributed by atoms with Crippen LogP contribution in [0.3, 0.4) is 0 Å². The van der Waals surface area contributed by atoms with Gasteiger partial charge in [0.25, 0.3) is 0 Å². The second-order valence-electron chi connectivity index (χ2n) is 6.39. The Bertz CT molecular complexity index is 520. The first-order valence-electron chi connectivity index (χ1n) is 9.60. The summed E-state index contributed by atoms with van der Waals surface area (Å²) in [5.74, 6) is 1.82. The summed E-state index contributed by atoms with van der Waals surface area (Å²) in [6, 6.07) is 8.29. The van der Waals surface area contributed by atoms with E-state index in [1.165, 1.54) is 31.2 Å². The highest BCUT2D eigenvalue weighted by atomic mass is 127. The van der Waals surface area contributed by atoms with Crippen molar-refractivity contribution in [3.8, 4) is 5.75 Å². The first-order chi connectivity index (χ1) is 12.3. The van der Waals surface area contributed by atoms with E-state index in [9.17, 15) is 0 Å². The number of aliphatic imine (C=N–C) groups is 1. The van der Waals surface area contributed by atoms with E-state index in [1.54, 1.807) is 7.05 Å². The highest BCUT2D eigenvalue weighted by Gasteiger charge is 2.17. The van der Waals surface area contributed by atoms with Gasteiger partial charge in [0.05, 0.1) is 6.10 Å². The fraction of sp³-hybridized carbons (Fsp3) is 0.650. The first kappa shape index (κ1) is 23.0. The highest BCUT2D eigenvalue weighted by Crippen LogP contribution is 2.26. The van der Waals surface area contributed by atoms with Gasteiger partial charge in [0.2, 0.25) is 0 Å². The second-order valence-corrected chi connectivity index (χ2v) is 6.39. The molecule has 1 aromatic carbocycles. The molecular formula is C20H34IN3O2. The van der Waals surface area contributed by atoms with Crippen LogP contribution in [0.15, 0.2) is 29.3 Å². The third-order valence-corrected chi connectivity index (χ3v) is 4.45. The van der Waals surface area contributed by atoms with Crippen molar-refractivity contribution in [2.45, 2.75) is 58.1 Å². The number of nitrogens with one attached hydrogen (secondary N) is 2. The Morgan fingerprint density at radius 2 is 1.92 bits per heavy atom. The summed E-state index contributed by atoms with van der Waals surface area (Å²) in [5.41, 5.74) is 1.17. The molecule has 148 valence electrons. The lowest BCUT2D eigenvalue weighted by molar-refractivity contribution is 0.143. The van der Waals surface area contributed by atoms with Crippen LogP contribution in [0.25, 0.3) is 0 Å². The van der Waals surface area contributed by atoms with Gasteiger partial charge in [0, 0.05) is 38.9 Å². The van der Waals surface area contributed by atoms with Crippen LogP contribution in [0, 0.1) is 0 Å². The zero-order valence-electron chi connectivity index (χ0n) is 16.1. The standard InChI is InChI=1S/C20H33N3O2.HI/c1-3-24-15-9-8-14-22-20(21-2)23-16-17-10-4-7-13-19(17)25-18-11-5-6-12-18;/h4,7,10,13,18H,3,5-6,8-9,11-12,14-16H2,1-2H3,(H2,21,22,23);1H. The van der Waals surface area contributed by atoms with Crippen LogP contribution < -0.4 is 15.4 Å². The predicted molar refractivity (Wildman–Crippen MR) is 119 cm³/mol. The van der Waals surface area contributed by atoms with Gasteiger partial charge >= 0.3 is 0 Å². The summed E-state index contributed by atoms with van der Waals surface area (Å²) in [6.45, 7) is 5.25. The van der Waals surface area contributed by atoms with Gasteiger partial charge in [-0.05, 0) is 51.5 Å². The van der Waals surface area contributed by atoms with Crippen molar-refractivity contribution in [3.05, 3.63) is 29.8 Å². The molecule has 0 amide bonds. The fourth-order valence-electron chi connectivity index (χ4n) is 3.03. The second kappa shape index (κ2) is 14.1.